The van der Waals surface area contributed by atoms with E-state index in [9.17, 15) is 15.0 Å². The standard InChI is InChI=1S/C25H37N3O4/c1-17-13-28(18(2)16-29)25(31)22-11-21(10-9-19(3)30)12-26-24(22)32-23(17)15-27(4)14-20-7-5-6-8-20/h11-12,17-20,23,29-30H,5-8,13-16H2,1-4H3/t17-,18-,19-,23+/m0/s1. The summed E-state index contributed by atoms with van der Waals surface area (Å²) in [6, 6.07) is 1.35. The van der Waals surface area contributed by atoms with Crippen LogP contribution < -0.4 is 4.74 Å². The first kappa shape index (κ1) is 24.5. The molecule has 0 radical (unpaired) electrons. The number of likely N-dealkylation sites (N-methyl/N-ethyl adjacent to an activating group) is 1. The molecule has 3 rings (SSSR count). The van der Waals surface area contributed by atoms with E-state index in [4.69, 9.17) is 4.74 Å². The molecule has 1 saturated carbocycles. The third-order valence-electron chi connectivity index (χ3n) is 6.48. The highest BCUT2D eigenvalue weighted by molar-refractivity contribution is 5.97. The van der Waals surface area contributed by atoms with Crippen LogP contribution in [0.2, 0.25) is 0 Å². The number of nitrogens with zero attached hydrogens (tertiary/aromatic N) is 3. The zero-order chi connectivity index (χ0) is 23.3. The molecule has 2 aliphatic rings. The molecule has 1 aliphatic carbocycles. The number of rotatable bonds is 6. The van der Waals surface area contributed by atoms with Crippen LogP contribution >= 0.6 is 0 Å². The second-order valence-corrected chi connectivity index (χ2v) is 9.52. The van der Waals surface area contributed by atoms with Crippen molar-refractivity contribution >= 4 is 5.91 Å². The number of aliphatic hydroxyl groups excluding tert-OH is 2. The highest BCUT2D eigenvalue weighted by atomic mass is 16.5. The van der Waals surface area contributed by atoms with Crippen LogP contribution in [0, 0.1) is 23.7 Å². The molecule has 7 nitrogen and oxygen atoms in total. The van der Waals surface area contributed by atoms with E-state index >= 15 is 0 Å². The number of pyridine rings is 1. The zero-order valence-corrected chi connectivity index (χ0v) is 19.8. The molecule has 0 saturated heterocycles. The van der Waals surface area contributed by atoms with Gasteiger partial charge in [-0.15, -0.1) is 0 Å². The Hall–Kier alpha value is -2.14. The molecule has 1 fully saturated rings. The van der Waals surface area contributed by atoms with Crippen LogP contribution in [0.4, 0.5) is 0 Å². The van der Waals surface area contributed by atoms with Crippen LogP contribution in [-0.2, 0) is 0 Å². The fourth-order valence-electron chi connectivity index (χ4n) is 4.59. The van der Waals surface area contributed by atoms with Gasteiger partial charge in [0.2, 0.25) is 5.88 Å². The van der Waals surface area contributed by atoms with Crippen molar-refractivity contribution in [3.63, 3.8) is 0 Å². The van der Waals surface area contributed by atoms with Gasteiger partial charge in [0.1, 0.15) is 17.8 Å². The van der Waals surface area contributed by atoms with Gasteiger partial charge in [-0.3, -0.25) is 4.79 Å². The van der Waals surface area contributed by atoms with Crippen molar-refractivity contribution in [2.24, 2.45) is 11.8 Å². The number of hydrogen-bond donors (Lipinski definition) is 2. The van der Waals surface area contributed by atoms with Crippen LogP contribution in [0.5, 0.6) is 5.88 Å². The summed E-state index contributed by atoms with van der Waals surface area (Å²) in [5.74, 6) is 6.44. The Labute approximate surface area is 191 Å². The summed E-state index contributed by atoms with van der Waals surface area (Å²) in [7, 11) is 2.13. The molecule has 0 aromatic carbocycles. The van der Waals surface area contributed by atoms with E-state index in [0.717, 1.165) is 19.0 Å². The van der Waals surface area contributed by atoms with Gasteiger partial charge in [-0.05, 0) is 45.7 Å². The first-order chi connectivity index (χ1) is 15.3. The highest BCUT2D eigenvalue weighted by Gasteiger charge is 2.34. The summed E-state index contributed by atoms with van der Waals surface area (Å²) in [5, 5.41) is 19.2. The number of ether oxygens (including phenoxy) is 1. The van der Waals surface area contributed by atoms with Gasteiger partial charge in [-0.1, -0.05) is 31.6 Å². The number of hydrogen-bond acceptors (Lipinski definition) is 6. The number of aromatic nitrogens is 1. The summed E-state index contributed by atoms with van der Waals surface area (Å²) >= 11 is 0. The lowest BCUT2D eigenvalue weighted by atomic mass is 9.99. The van der Waals surface area contributed by atoms with Crippen molar-refractivity contribution in [3.8, 4) is 17.7 Å². The zero-order valence-electron chi connectivity index (χ0n) is 19.8. The van der Waals surface area contributed by atoms with E-state index in [2.05, 4.69) is 35.7 Å². The minimum Gasteiger partial charge on any atom is -0.472 e. The summed E-state index contributed by atoms with van der Waals surface area (Å²) in [5.41, 5.74) is 0.889. The van der Waals surface area contributed by atoms with Crippen molar-refractivity contribution < 1.29 is 19.7 Å². The van der Waals surface area contributed by atoms with E-state index in [1.165, 1.54) is 25.7 Å². The Balaban J connectivity index is 1.88. The van der Waals surface area contributed by atoms with Gasteiger partial charge in [-0.2, -0.15) is 0 Å². The molecule has 1 aromatic heterocycles. The third kappa shape index (κ3) is 6.22. The SMILES string of the molecule is C[C@H](O)C#Cc1cnc2c(c1)C(=O)N([C@@H](C)CO)C[C@H](C)[C@@H](CN(C)CC1CCCC1)O2. The van der Waals surface area contributed by atoms with E-state index in [1.807, 2.05) is 6.92 Å². The van der Waals surface area contributed by atoms with Gasteiger partial charge in [0.05, 0.1) is 12.6 Å². The molecule has 0 spiro atoms. The molecule has 2 N–H and O–H groups in total. The second-order valence-electron chi connectivity index (χ2n) is 9.52. The Morgan fingerprint density at radius 2 is 2.03 bits per heavy atom. The van der Waals surface area contributed by atoms with Gasteiger partial charge < -0.3 is 24.7 Å². The Kier molecular flexibility index (Phi) is 8.52. The van der Waals surface area contributed by atoms with Gasteiger partial charge >= 0.3 is 0 Å². The van der Waals surface area contributed by atoms with Crippen LogP contribution in [-0.4, -0.2) is 82.4 Å². The van der Waals surface area contributed by atoms with Crippen molar-refractivity contribution in [2.45, 2.75) is 64.7 Å². The Morgan fingerprint density at radius 1 is 1.31 bits per heavy atom. The summed E-state index contributed by atoms with van der Waals surface area (Å²) in [6.45, 7) is 7.70. The molecular weight excluding hydrogens is 406 g/mol. The molecule has 7 heteroatoms. The van der Waals surface area contributed by atoms with Crippen molar-refractivity contribution in [1.82, 2.24) is 14.8 Å². The highest BCUT2D eigenvalue weighted by Crippen LogP contribution is 2.29. The van der Waals surface area contributed by atoms with Crippen LogP contribution in [0.25, 0.3) is 0 Å². The Bertz CT molecular complexity index is 841. The molecule has 176 valence electrons. The lowest BCUT2D eigenvalue weighted by Crippen LogP contribution is -2.50. The smallest absolute Gasteiger partial charge is 0.259 e. The Morgan fingerprint density at radius 3 is 2.69 bits per heavy atom. The number of fused-ring (bicyclic) bond motifs is 1. The van der Waals surface area contributed by atoms with Gasteiger partial charge in [0, 0.05) is 37.3 Å². The van der Waals surface area contributed by atoms with Crippen LogP contribution in [0.1, 0.15) is 62.4 Å². The maximum absolute atomic E-state index is 13.4. The normalized spacial score (nSPS) is 23.6. The molecule has 2 heterocycles. The van der Waals surface area contributed by atoms with Crippen molar-refractivity contribution in [3.05, 3.63) is 23.4 Å². The average Bonchev–Trinajstić information content (AvgIpc) is 3.27. The first-order valence-corrected chi connectivity index (χ1v) is 11.7. The predicted molar refractivity (Wildman–Crippen MR) is 123 cm³/mol. The molecule has 1 amide bonds. The number of carbonyl (C=O) groups is 1. The molecule has 0 unspecified atom stereocenters. The monoisotopic (exact) mass is 443 g/mol. The lowest BCUT2D eigenvalue weighted by molar-refractivity contribution is 0.0320. The first-order valence-electron chi connectivity index (χ1n) is 11.7. The molecule has 1 aliphatic heterocycles. The lowest BCUT2D eigenvalue weighted by Gasteiger charge is -2.38. The quantitative estimate of drug-likeness (QED) is 0.656. The minimum atomic E-state index is -0.768. The van der Waals surface area contributed by atoms with E-state index in [0.29, 0.717) is 23.6 Å². The fraction of sp³-hybridized carbons (Fsp3) is 0.680. The maximum Gasteiger partial charge on any atom is 0.259 e. The molecule has 4 atom stereocenters. The summed E-state index contributed by atoms with van der Waals surface area (Å²) in [4.78, 5) is 21.8. The topological polar surface area (TPSA) is 86.1 Å². The van der Waals surface area contributed by atoms with Gasteiger partial charge in [0.25, 0.3) is 5.91 Å². The average molecular weight is 444 g/mol. The van der Waals surface area contributed by atoms with Crippen molar-refractivity contribution in [1.29, 1.82) is 0 Å². The van der Waals surface area contributed by atoms with Crippen LogP contribution in [0.3, 0.4) is 0 Å². The second kappa shape index (κ2) is 11.1. The summed E-state index contributed by atoms with van der Waals surface area (Å²) in [6.07, 6.45) is 5.90. The van der Waals surface area contributed by atoms with Crippen molar-refractivity contribution in [2.75, 3.05) is 33.3 Å². The van der Waals surface area contributed by atoms with Crippen LogP contribution in [0.15, 0.2) is 12.3 Å². The van der Waals surface area contributed by atoms with Gasteiger partial charge in [0.15, 0.2) is 0 Å². The molecule has 32 heavy (non-hydrogen) atoms. The predicted octanol–water partition coefficient (Wildman–Crippen LogP) is 2.16. The number of amides is 1. The number of carbonyl (C=O) groups excluding carboxylic acids is 1. The van der Waals surface area contributed by atoms with E-state index in [-0.39, 0.29) is 30.6 Å². The molecular formula is C25H37N3O4. The molecule has 0 bridgehead atoms. The fourth-order valence-corrected chi connectivity index (χ4v) is 4.59. The van der Waals surface area contributed by atoms with Gasteiger partial charge in [-0.25, -0.2) is 4.98 Å². The minimum absolute atomic E-state index is 0.0728. The third-order valence-corrected chi connectivity index (χ3v) is 6.48. The maximum atomic E-state index is 13.4. The van der Waals surface area contributed by atoms with E-state index < -0.39 is 6.10 Å². The number of aliphatic hydroxyl groups is 2. The van der Waals surface area contributed by atoms with E-state index in [1.54, 1.807) is 24.1 Å². The largest absolute Gasteiger partial charge is 0.472 e. The molecule has 1 aromatic rings. The summed E-state index contributed by atoms with van der Waals surface area (Å²) < 4.78 is 6.34.